The molecule has 1 aromatic carbocycles. The highest BCUT2D eigenvalue weighted by atomic mass is 35.5. The zero-order valence-electron chi connectivity index (χ0n) is 16.7. The lowest BCUT2D eigenvalue weighted by atomic mass is 10.0. The zero-order chi connectivity index (χ0) is 19.1. The van der Waals surface area contributed by atoms with Gasteiger partial charge in [0.25, 0.3) is 5.89 Å². The van der Waals surface area contributed by atoms with Crippen LogP contribution in [0.15, 0.2) is 28.8 Å². The molecule has 2 aromatic rings. The Labute approximate surface area is 173 Å². The van der Waals surface area contributed by atoms with Crippen LogP contribution < -0.4 is 23.9 Å². The second-order valence-electron chi connectivity index (χ2n) is 7.45. The van der Waals surface area contributed by atoms with Crippen LogP contribution >= 0.6 is 0 Å². The summed E-state index contributed by atoms with van der Waals surface area (Å²) >= 11 is 0. The van der Waals surface area contributed by atoms with Crippen LogP contribution in [0.3, 0.4) is 0 Å². The molecule has 0 aliphatic carbocycles. The molecule has 2 heterocycles. The largest absolute Gasteiger partial charge is 1.00 e. The number of hydrogen-bond donors (Lipinski definition) is 2. The number of unbranched alkanes of at least 4 members (excludes halogenated alkanes) is 5. The Kier molecular flexibility index (Phi) is 8.77. The fraction of sp³-hybridized carbons (Fsp3) is 0.571. The first-order valence-electron chi connectivity index (χ1n) is 10.3. The second-order valence-corrected chi connectivity index (χ2v) is 7.45. The van der Waals surface area contributed by atoms with Crippen molar-refractivity contribution in [3.8, 4) is 11.4 Å². The van der Waals surface area contributed by atoms with Gasteiger partial charge in [-0.3, -0.25) is 16.0 Å². The number of aryl methyl sites for hydroxylation is 1. The Morgan fingerprint density at radius 1 is 1.11 bits per heavy atom. The van der Waals surface area contributed by atoms with Crippen molar-refractivity contribution >= 4 is 5.96 Å². The Balaban J connectivity index is 0.00000280. The molecule has 1 fully saturated rings. The topological polar surface area (TPSA) is 94.0 Å². The summed E-state index contributed by atoms with van der Waals surface area (Å²) in [4.78, 5) is 4.58. The first-order valence-corrected chi connectivity index (χ1v) is 10.3. The summed E-state index contributed by atoms with van der Waals surface area (Å²) < 4.78 is 7.43. The van der Waals surface area contributed by atoms with E-state index in [-0.39, 0.29) is 18.4 Å². The van der Waals surface area contributed by atoms with Crippen molar-refractivity contribution in [2.75, 3.05) is 6.54 Å². The van der Waals surface area contributed by atoms with Crippen molar-refractivity contribution < 1.29 is 21.5 Å². The van der Waals surface area contributed by atoms with Crippen LogP contribution in [-0.4, -0.2) is 27.2 Å². The molecule has 3 rings (SSSR count). The van der Waals surface area contributed by atoms with Gasteiger partial charge in [-0.05, 0) is 31.2 Å². The zero-order valence-corrected chi connectivity index (χ0v) is 17.5. The third-order valence-corrected chi connectivity index (χ3v) is 5.34. The van der Waals surface area contributed by atoms with E-state index >= 15 is 0 Å². The van der Waals surface area contributed by atoms with Gasteiger partial charge in [-0.2, -0.15) is 4.98 Å². The van der Waals surface area contributed by atoms with Gasteiger partial charge in [-0.15, -0.1) is 0 Å². The smallest absolute Gasteiger partial charge is 0.341 e. The SMILES string of the molecule is CCCCCCCCc1ccc(-c2noc([C@H]3CCC[N+]3=C(N)N)n2)cc1.[Cl-]. The van der Waals surface area contributed by atoms with E-state index in [1.807, 2.05) is 4.58 Å². The van der Waals surface area contributed by atoms with Crippen molar-refractivity contribution in [1.29, 1.82) is 0 Å². The predicted octanol–water partition coefficient (Wildman–Crippen LogP) is 0.764. The molecule has 28 heavy (non-hydrogen) atoms. The second kappa shape index (κ2) is 11.1. The fourth-order valence-electron chi connectivity index (χ4n) is 3.75. The maximum atomic E-state index is 5.76. The number of halogens is 1. The Morgan fingerprint density at radius 2 is 1.82 bits per heavy atom. The molecule has 0 spiro atoms. The first-order chi connectivity index (χ1) is 13.2. The third kappa shape index (κ3) is 5.71. The lowest BCUT2D eigenvalue weighted by Crippen LogP contribution is -3.00. The van der Waals surface area contributed by atoms with Crippen LogP contribution in [-0.2, 0) is 6.42 Å². The molecule has 1 aliphatic heterocycles. The van der Waals surface area contributed by atoms with Gasteiger partial charge in [0.2, 0.25) is 5.82 Å². The highest BCUT2D eigenvalue weighted by Gasteiger charge is 2.31. The minimum absolute atomic E-state index is 0. The van der Waals surface area contributed by atoms with E-state index in [0.717, 1.165) is 31.4 Å². The third-order valence-electron chi connectivity index (χ3n) is 5.34. The minimum Gasteiger partial charge on any atom is -1.00 e. The van der Waals surface area contributed by atoms with Crippen LogP contribution in [0.1, 0.15) is 75.8 Å². The number of nitrogens with zero attached hydrogens (tertiary/aromatic N) is 3. The van der Waals surface area contributed by atoms with E-state index < -0.39 is 0 Å². The monoisotopic (exact) mass is 405 g/mol. The maximum Gasteiger partial charge on any atom is 0.341 e. The predicted molar refractivity (Wildman–Crippen MR) is 107 cm³/mol. The molecular formula is C21H32ClN5O. The molecule has 0 unspecified atom stereocenters. The fourth-order valence-corrected chi connectivity index (χ4v) is 3.75. The summed E-state index contributed by atoms with van der Waals surface area (Å²) in [5, 5.41) is 4.15. The van der Waals surface area contributed by atoms with Crippen LogP contribution in [0.5, 0.6) is 0 Å². The summed E-state index contributed by atoms with van der Waals surface area (Å²) in [7, 11) is 0. The lowest BCUT2D eigenvalue weighted by molar-refractivity contribution is -0.555. The number of guanidine groups is 1. The molecule has 0 bridgehead atoms. The Bertz CT molecular complexity index is 752. The number of nitrogens with two attached hydrogens (primary N) is 2. The van der Waals surface area contributed by atoms with Gasteiger partial charge in [0.1, 0.15) is 0 Å². The van der Waals surface area contributed by atoms with Crippen molar-refractivity contribution in [3.05, 3.63) is 35.7 Å². The van der Waals surface area contributed by atoms with Gasteiger partial charge in [-0.1, -0.05) is 68.4 Å². The molecule has 154 valence electrons. The first kappa shape index (κ1) is 22.2. The van der Waals surface area contributed by atoms with Crippen LogP contribution in [0.4, 0.5) is 0 Å². The highest BCUT2D eigenvalue weighted by molar-refractivity contribution is 5.70. The average Bonchev–Trinajstić information content (AvgIpc) is 3.34. The number of benzene rings is 1. The standard InChI is InChI=1S/C21H31N5O.ClH/c1-2-3-4-5-6-7-9-16-11-13-17(14-12-16)19-24-20(27-25-19)18-10-8-15-26(18)21(22)23;/h11-14,18H,2-10,15H2,1H3,(H3,22,23);1H/t18-;/m1./s1. The van der Waals surface area contributed by atoms with E-state index in [0.29, 0.717) is 17.7 Å². The molecule has 1 aliphatic rings. The molecule has 0 amide bonds. The summed E-state index contributed by atoms with van der Waals surface area (Å²) in [5.41, 5.74) is 13.9. The summed E-state index contributed by atoms with van der Waals surface area (Å²) in [6.07, 6.45) is 11.0. The van der Waals surface area contributed by atoms with Gasteiger partial charge in [0.15, 0.2) is 6.04 Å². The molecular weight excluding hydrogens is 374 g/mol. The summed E-state index contributed by atoms with van der Waals surface area (Å²) in [6, 6.07) is 8.49. The van der Waals surface area contributed by atoms with Gasteiger partial charge < -0.3 is 16.9 Å². The molecule has 1 aromatic heterocycles. The van der Waals surface area contributed by atoms with E-state index in [1.54, 1.807) is 0 Å². The van der Waals surface area contributed by atoms with Crippen molar-refractivity contribution in [2.24, 2.45) is 11.5 Å². The molecule has 1 saturated heterocycles. The molecule has 1 atom stereocenters. The van der Waals surface area contributed by atoms with Crippen LogP contribution in [0.25, 0.3) is 11.4 Å². The average molecular weight is 406 g/mol. The normalized spacial score (nSPS) is 16.2. The molecule has 0 radical (unpaired) electrons. The Morgan fingerprint density at radius 3 is 2.54 bits per heavy atom. The molecule has 0 saturated carbocycles. The van der Waals surface area contributed by atoms with Gasteiger partial charge in [0, 0.05) is 5.56 Å². The quantitative estimate of drug-likeness (QED) is 0.365. The van der Waals surface area contributed by atoms with Gasteiger partial charge >= 0.3 is 5.96 Å². The number of aromatic nitrogens is 2. The highest BCUT2D eigenvalue weighted by Crippen LogP contribution is 2.28. The number of hydrogen-bond acceptors (Lipinski definition) is 3. The lowest BCUT2D eigenvalue weighted by Gasteiger charge is -2.07. The van der Waals surface area contributed by atoms with Gasteiger partial charge in [0.05, 0.1) is 6.54 Å². The Hall–Kier alpha value is -2.08. The van der Waals surface area contributed by atoms with E-state index in [2.05, 4.69) is 41.3 Å². The summed E-state index contributed by atoms with van der Waals surface area (Å²) in [6.45, 7) is 3.09. The van der Waals surface area contributed by atoms with E-state index in [4.69, 9.17) is 16.0 Å². The minimum atomic E-state index is -0.0109. The molecule has 4 N–H and O–H groups in total. The van der Waals surface area contributed by atoms with E-state index in [9.17, 15) is 0 Å². The van der Waals surface area contributed by atoms with Crippen molar-refractivity contribution in [3.63, 3.8) is 0 Å². The summed E-state index contributed by atoms with van der Waals surface area (Å²) in [5.74, 6) is 1.53. The van der Waals surface area contributed by atoms with E-state index in [1.165, 1.54) is 44.1 Å². The number of rotatable bonds is 9. The van der Waals surface area contributed by atoms with Crippen LogP contribution in [0, 0.1) is 0 Å². The maximum absolute atomic E-state index is 5.76. The molecule has 7 heteroatoms. The van der Waals surface area contributed by atoms with Gasteiger partial charge in [-0.25, -0.2) is 0 Å². The van der Waals surface area contributed by atoms with Crippen molar-refractivity contribution in [2.45, 2.75) is 70.8 Å². The molecule has 6 nitrogen and oxygen atoms in total. The van der Waals surface area contributed by atoms with Crippen LogP contribution in [0.2, 0.25) is 0 Å². The van der Waals surface area contributed by atoms with Crippen molar-refractivity contribution in [1.82, 2.24) is 10.1 Å².